The van der Waals surface area contributed by atoms with Crippen LogP contribution in [-0.4, -0.2) is 30.4 Å². The lowest BCUT2D eigenvalue weighted by molar-refractivity contribution is -0.117. The van der Waals surface area contributed by atoms with Crippen LogP contribution < -0.4 is 20.9 Å². The number of anilines is 3. The second-order valence-corrected chi connectivity index (χ2v) is 7.07. The molecule has 2 aromatic rings. The van der Waals surface area contributed by atoms with Crippen LogP contribution in [0.25, 0.3) is 0 Å². The van der Waals surface area contributed by atoms with E-state index in [1.807, 2.05) is 18.2 Å². The van der Waals surface area contributed by atoms with Crippen LogP contribution in [0.3, 0.4) is 0 Å². The first-order valence-corrected chi connectivity index (χ1v) is 9.48. The highest BCUT2D eigenvalue weighted by molar-refractivity contribution is 6.08. The third kappa shape index (κ3) is 4.14. The van der Waals surface area contributed by atoms with Crippen molar-refractivity contribution in [2.75, 3.05) is 22.1 Å². The number of rotatable bonds is 5. The summed E-state index contributed by atoms with van der Waals surface area (Å²) >= 11 is 0. The zero-order chi connectivity index (χ0) is 19.5. The summed E-state index contributed by atoms with van der Waals surface area (Å²) < 4.78 is 0. The summed E-state index contributed by atoms with van der Waals surface area (Å²) in [6, 6.07) is 14.1. The molecule has 1 saturated carbocycles. The van der Waals surface area contributed by atoms with Crippen molar-refractivity contribution in [2.45, 2.75) is 31.7 Å². The average molecular weight is 378 g/mol. The van der Waals surface area contributed by atoms with Crippen LogP contribution >= 0.6 is 0 Å². The van der Waals surface area contributed by atoms with Crippen LogP contribution in [0.1, 0.15) is 36.0 Å². The Morgan fingerprint density at radius 2 is 1.71 bits per heavy atom. The fourth-order valence-corrected chi connectivity index (χ4v) is 3.20. The zero-order valence-electron chi connectivity index (χ0n) is 15.4. The monoisotopic (exact) mass is 378 g/mol. The molecule has 0 spiro atoms. The minimum atomic E-state index is -0.270. The summed E-state index contributed by atoms with van der Waals surface area (Å²) in [6.07, 6.45) is 3.41. The molecule has 1 heterocycles. The number of nitrogens with one attached hydrogen (secondary N) is 3. The van der Waals surface area contributed by atoms with E-state index in [0.29, 0.717) is 35.6 Å². The molecule has 4 amide bonds. The van der Waals surface area contributed by atoms with E-state index in [4.69, 9.17) is 0 Å². The number of benzene rings is 2. The summed E-state index contributed by atoms with van der Waals surface area (Å²) in [7, 11) is 0. The van der Waals surface area contributed by atoms with Crippen LogP contribution in [0.5, 0.6) is 0 Å². The number of para-hydroxylation sites is 2. The minimum absolute atomic E-state index is 0.0709. The molecule has 1 aliphatic heterocycles. The average Bonchev–Trinajstić information content (AvgIpc) is 3.40. The molecule has 0 atom stereocenters. The van der Waals surface area contributed by atoms with Gasteiger partial charge in [-0.05, 0) is 55.7 Å². The summed E-state index contributed by atoms with van der Waals surface area (Å²) in [4.78, 5) is 38.2. The predicted octanol–water partition coefficient (Wildman–Crippen LogP) is 3.35. The van der Waals surface area contributed by atoms with Gasteiger partial charge in [0.2, 0.25) is 5.91 Å². The molecule has 144 valence electrons. The fourth-order valence-electron chi connectivity index (χ4n) is 3.20. The molecule has 0 aromatic heterocycles. The maximum atomic E-state index is 12.6. The Labute approximate surface area is 163 Å². The molecule has 0 radical (unpaired) electrons. The van der Waals surface area contributed by atoms with Gasteiger partial charge in [-0.3, -0.25) is 9.59 Å². The van der Waals surface area contributed by atoms with E-state index in [1.54, 1.807) is 35.2 Å². The molecule has 2 aliphatic rings. The highest BCUT2D eigenvalue weighted by Gasteiger charge is 2.24. The summed E-state index contributed by atoms with van der Waals surface area (Å²) in [6.45, 7) is 0.662. The van der Waals surface area contributed by atoms with Gasteiger partial charge in [-0.2, -0.15) is 0 Å². The minimum Gasteiger partial charge on any atom is -0.335 e. The molecule has 1 aliphatic carbocycles. The van der Waals surface area contributed by atoms with E-state index in [2.05, 4.69) is 16.0 Å². The van der Waals surface area contributed by atoms with Crippen LogP contribution in [0.15, 0.2) is 48.5 Å². The van der Waals surface area contributed by atoms with Gasteiger partial charge in [-0.1, -0.05) is 12.1 Å². The molecule has 0 unspecified atom stereocenters. The molecule has 0 bridgehead atoms. The molecule has 28 heavy (non-hydrogen) atoms. The Bertz CT molecular complexity index is 906. The number of nitrogens with zero attached hydrogens (tertiary/aromatic N) is 1. The van der Waals surface area contributed by atoms with Crippen LogP contribution in [-0.2, 0) is 4.79 Å². The van der Waals surface area contributed by atoms with Gasteiger partial charge in [-0.25, -0.2) is 4.79 Å². The van der Waals surface area contributed by atoms with E-state index < -0.39 is 0 Å². The second-order valence-electron chi connectivity index (χ2n) is 7.07. The van der Waals surface area contributed by atoms with Gasteiger partial charge in [0.25, 0.3) is 5.91 Å². The van der Waals surface area contributed by atoms with Gasteiger partial charge in [0.1, 0.15) is 0 Å². The largest absolute Gasteiger partial charge is 0.335 e. The smallest absolute Gasteiger partial charge is 0.319 e. The van der Waals surface area contributed by atoms with Crippen molar-refractivity contribution in [3.05, 3.63) is 54.1 Å². The molecule has 7 nitrogen and oxygen atoms in total. The third-order valence-electron chi connectivity index (χ3n) is 4.83. The lowest BCUT2D eigenvalue weighted by atomic mass is 10.1. The molecule has 1 saturated heterocycles. The molecular weight excluding hydrogens is 356 g/mol. The second kappa shape index (κ2) is 7.72. The first-order valence-electron chi connectivity index (χ1n) is 9.48. The van der Waals surface area contributed by atoms with Crippen LogP contribution in [0, 0.1) is 0 Å². The number of hydrogen-bond acceptors (Lipinski definition) is 3. The first kappa shape index (κ1) is 18.0. The molecule has 7 heteroatoms. The number of amides is 4. The van der Waals surface area contributed by atoms with E-state index in [1.165, 1.54) is 0 Å². The van der Waals surface area contributed by atoms with Crippen molar-refractivity contribution in [2.24, 2.45) is 0 Å². The summed E-state index contributed by atoms with van der Waals surface area (Å²) in [5.41, 5.74) is 2.41. The molecule has 2 fully saturated rings. The van der Waals surface area contributed by atoms with E-state index in [0.717, 1.165) is 19.3 Å². The Kier molecular flexibility index (Phi) is 4.97. The Morgan fingerprint density at radius 3 is 2.39 bits per heavy atom. The standard InChI is InChI=1S/C21H22N4O3/c26-19-6-3-13-25(19)18-5-2-1-4-17(18)24-20(27)14-7-9-15(10-8-14)22-21(28)23-16-11-12-16/h1-2,4-5,7-10,16H,3,6,11-13H2,(H,24,27)(H2,22,23,28). The lowest BCUT2D eigenvalue weighted by Gasteiger charge is -2.20. The topological polar surface area (TPSA) is 90.5 Å². The number of urea groups is 1. The molecular formula is C21H22N4O3. The third-order valence-corrected chi connectivity index (χ3v) is 4.83. The maximum absolute atomic E-state index is 12.6. The Hall–Kier alpha value is -3.35. The number of carbonyl (C=O) groups is 3. The number of carbonyl (C=O) groups excluding carboxylic acids is 3. The van der Waals surface area contributed by atoms with Gasteiger partial charge >= 0.3 is 6.03 Å². The predicted molar refractivity (Wildman–Crippen MR) is 108 cm³/mol. The quantitative estimate of drug-likeness (QED) is 0.745. The summed E-state index contributed by atoms with van der Waals surface area (Å²) in [5.74, 6) is -0.199. The van der Waals surface area contributed by atoms with Crippen molar-refractivity contribution in [1.29, 1.82) is 0 Å². The van der Waals surface area contributed by atoms with Crippen LogP contribution in [0.4, 0.5) is 21.9 Å². The normalized spacial score (nSPS) is 16.0. The van der Waals surface area contributed by atoms with Crippen molar-refractivity contribution in [1.82, 2.24) is 5.32 Å². The lowest BCUT2D eigenvalue weighted by Crippen LogP contribution is -2.30. The maximum Gasteiger partial charge on any atom is 0.319 e. The fraction of sp³-hybridized carbons (Fsp3) is 0.286. The van der Waals surface area contributed by atoms with Gasteiger partial charge in [-0.15, -0.1) is 0 Å². The van der Waals surface area contributed by atoms with Crippen molar-refractivity contribution in [3.8, 4) is 0 Å². The molecule has 3 N–H and O–H groups in total. The van der Waals surface area contributed by atoms with Crippen LogP contribution in [0.2, 0.25) is 0 Å². The Morgan fingerprint density at radius 1 is 0.964 bits per heavy atom. The van der Waals surface area contributed by atoms with Gasteiger partial charge in [0, 0.05) is 30.3 Å². The van der Waals surface area contributed by atoms with Gasteiger partial charge in [0.05, 0.1) is 11.4 Å². The van der Waals surface area contributed by atoms with E-state index in [-0.39, 0.29) is 23.9 Å². The highest BCUT2D eigenvalue weighted by atomic mass is 16.2. The van der Waals surface area contributed by atoms with Gasteiger partial charge < -0.3 is 20.9 Å². The molecule has 2 aromatic carbocycles. The number of hydrogen-bond donors (Lipinski definition) is 3. The van der Waals surface area contributed by atoms with Crippen molar-refractivity contribution < 1.29 is 14.4 Å². The van der Waals surface area contributed by atoms with E-state index >= 15 is 0 Å². The zero-order valence-corrected chi connectivity index (χ0v) is 15.4. The first-order chi connectivity index (χ1) is 13.6. The highest BCUT2D eigenvalue weighted by Crippen LogP contribution is 2.29. The van der Waals surface area contributed by atoms with Gasteiger partial charge in [0.15, 0.2) is 0 Å². The SMILES string of the molecule is O=C(Nc1ccc(C(=O)Nc2ccccc2N2CCCC2=O)cc1)NC1CC1. The van der Waals surface area contributed by atoms with Crippen molar-refractivity contribution in [3.63, 3.8) is 0 Å². The molecule has 4 rings (SSSR count). The Balaban J connectivity index is 1.42. The van der Waals surface area contributed by atoms with E-state index in [9.17, 15) is 14.4 Å². The summed E-state index contributed by atoms with van der Waals surface area (Å²) in [5, 5.41) is 8.49. The van der Waals surface area contributed by atoms with Crippen molar-refractivity contribution >= 4 is 34.9 Å².